The van der Waals surface area contributed by atoms with Crippen LogP contribution in [0.4, 0.5) is 4.39 Å². The van der Waals surface area contributed by atoms with Crippen LogP contribution in [0.1, 0.15) is 16.7 Å². The molecule has 5 nitrogen and oxygen atoms in total. The summed E-state index contributed by atoms with van der Waals surface area (Å²) in [4.78, 5) is 23.2. The number of nitrogens with zero attached hydrogens (tertiary/aromatic N) is 1. The van der Waals surface area contributed by atoms with E-state index in [9.17, 15) is 14.0 Å². The van der Waals surface area contributed by atoms with Gasteiger partial charge in [0.2, 0.25) is 0 Å². The van der Waals surface area contributed by atoms with Crippen LogP contribution in [-0.4, -0.2) is 25.0 Å². The lowest BCUT2D eigenvalue weighted by atomic mass is 10.1. The van der Waals surface area contributed by atoms with Gasteiger partial charge in [-0.05, 0) is 47.9 Å². The summed E-state index contributed by atoms with van der Waals surface area (Å²) in [6, 6.07) is 14.7. The SMILES string of the molecule is N#Cc1ccc(/C=C/C(=O)OCC(=O)NCCc2ccc(F)cc2)cc1. The second kappa shape index (κ2) is 9.74. The van der Waals surface area contributed by atoms with Crippen LogP contribution >= 0.6 is 0 Å². The van der Waals surface area contributed by atoms with Gasteiger partial charge in [0.05, 0.1) is 11.6 Å². The molecule has 0 saturated carbocycles. The van der Waals surface area contributed by atoms with Crippen molar-refractivity contribution in [2.45, 2.75) is 6.42 Å². The third-order valence-electron chi connectivity index (χ3n) is 3.45. The quantitative estimate of drug-likeness (QED) is 0.614. The smallest absolute Gasteiger partial charge is 0.331 e. The number of esters is 1. The van der Waals surface area contributed by atoms with E-state index < -0.39 is 11.9 Å². The molecular formula is C20H17FN2O3. The van der Waals surface area contributed by atoms with E-state index in [2.05, 4.69) is 5.32 Å². The van der Waals surface area contributed by atoms with Gasteiger partial charge in [0.1, 0.15) is 5.82 Å². The van der Waals surface area contributed by atoms with Crippen LogP contribution in [0.25, 0.3) is 6.08 Å². The van der Waals surface area contributed by atoms with Gasteiger partial charge >= 0.3 is 5.97 Å². The highest BCUT2D eigenvalue weighted by Gasteiger charge is 2.05. The molecule has 1 amide bonds. The molecule has 0 unspecified atom stereocenters. The lowest BCUT2D eigenvalue weighted by molar-refractivity contribution is -0.143. The van der Waals surface area contributed by atoms with Gasteiger partial charge < -0.3 is 10.1 Å². The highest BCUT2D eigenvalue weighted by molar-refractivity contribution is 5.89. The molecule has 0 heterocycles. The van der Waals surface area contributed by atoms with Crippen molar-refractivity contribution in [1.82, 2.24) is 5.32 Å². The molecule has 0 bridgehead atoms. The first-order valence-electron chi connectivity index (χ1n) is 7.93. The lowest BCUT2D eigenvalue weighted by Crippen LogP contribution is -2.30. The van der Waals surface area contributed by atoms with Crippen LogP contribution in [0.3, 0.4) is 0 Å². The molecule has 26 heavy (non-hydrogen) atoms. The Morgan fingerprint density at radius 3 is 2.46 bits per heavy atom. The minimum absolute atomic E-state index is 0.307. The summed E-state index contributed by atoms with van der Waals surface area (Å²) < 4.78 is 17.6. The summed E-state index contributed by atoms with van der Waals surface area (Å²) in [6.07, 6.45) is 3.31. The summed E-state index contributed by atoms with van der Waals surface area (Å²) in [5, 5.41) is 11.3. The largest absolute Gasteiger partial charge is 0.452 e. The second-order valence-corrected chi connectivity index (χ2v) is 5.40. The first-order valence-corrected chi connectivity index (χ1v) is 7.93. The summed E-state index contributed by atoms with van der Waals surface area (Å²) in [6.45, 7) is -0.0109. The predicted octanol–water partition coefficient (Wildman–Crippen LogP) is 2.61. The fourth-order valence-corrected chi connectivity index (χ4v) is 2.07. The van der Waals surface area contributed by atoms with Crippen LogP contribution in [0.5, 0.6) is 0 Å². The number of hydrogen-bond donors (Lipinski definition) is 1. The Morgan fingerprint density at radius 2 is 1.81 bits per heavy atom. The van der Waals surface area contributed by atoms with E-state index in [1.54, 1.807) is 36.4 Å². The number of carbonyl (C=O) groups excluding carboxylic acids is 2. The van der Waals surface area contributed by atoms with Gasteiger partial charge in [-0.3, -0.25) is 4.79 Å². The standard InChI is InChI=1S/C20H17FN2O3/c21-18-8-5-16(6-9-18)11-12-23-19(24)14-26-20(25)10-7-15-1-3-17(13-22)4-2-15/h1-10H,11-12,14H2,(H,23,24)/b10-7+. The molecule has 0 aliphatic rings. The summed E-state index contributed by atoms with van der Waals surface area (Å²) in [5.74, 6) is -1.35. The Morgan fingerprint density at radius 1 is 1.12 bits per heavy atom. The van der Waals surface area contributed by atoms with Gasteiger partial charge in [0.15, 0.2) is 6.61 Å². The molecular weight excluding hydrogens is 335 g/mol. The topological polar surface area (TPSA) is 79.2 Å². The minimum atomic E-state index is -0.636. The molecule has 2 aromatic carbocycles. The molecule has 2 rings (SSSR count). The number of nitrogens with one attached hydrogen (secondary N) is 1. The zero-order valence-corrected chi connectivity index (χ0v) is 13.9. The van der Waals surface area contributed by atoms with E-state index in [0.29, 0.717) is 18.5 Å². The molecule has 0 aliphatic heterocycles. The van der Waals surface area contributed by atoms with Crippen molar-refractivity contribution in [3.05, 3.63) is 77.1 Å². The predicted molar refractivity (Wildman–Crippen MR) is 94.3 cm³/mol. The normalized spacial score (nSPS) is 10.3. The monoisotopic (exact) mass is 352 g/mol. The molecule has 132 valence electrons. The first-order chi connectivity index (χ1) is 12.6. The summed E-state index contributed by atoms with van der Waals surface area (Å²) >= 11 is 0. The van der Waals surface area contributed by atoms with Crippen molar-refractivity contribution in [3.63, 3.8) is 0 Å². The Balaban J connectivity index is 1.67. The molecule has 0 saturated heterocycles. The van der Waals surface area contributed by atoms with E-state index in [4.69, 9.17) is 10.00 Å². The maximum absolute atomic E-state index is 12.8. The highest BCUT2D eigenvalue weighted by atomic mass is 19.1. The molecule has 0 aliphatic carbocycles. The third-order valence-corrected chi connectivity index (χ3v) is 3.45. The molecule has 0 fully saturated rings. The van der Waals surface area contributed by atoms with E-state index >= 15 is 0 Å². The summed E-state index contributed by atoms with van der Waals surface area (Å²) in [7, 11) is 0. The minimum Gasteiger partial charge on any atom is -0.452 e. The molecule has 0 atom stereocenters. The van der Waals surface area contributed by atoms with Crippen LogP contribution in [0, 0.1) is 17.1 Å². The number of hydrogen-bond acceptors (Lipinski definition) is 4. The van der Waals surface area contributed by atoms with Gasteiger partial charge in [-0.2, -0.15) is 5.26 Å². The fraction of sp³-hybridized carbons (Fsp3) is 0.150. The number of carbonyl (C=O) groups is 2. The Bertz CT molecular complexity index is 822. The molecule has 0 aromatic heterocycles. The van der Waals surface area contributed by atoms with Crippen molar-refractivity contribution in [1.29, 1.82) is 5.26 Å². The number of halogens is 1. The maximum Gasteiger partial charge on any atom is 0.331 e. The maximum atomic E-state index is 12.8. The van der Waals surface area contributed by atoms with Crippen LogP contribution in [0.2, 0.25) is 0 Å². The first kappa shape index (κ1) is 18.9. The average Bonchev–Trinajstić information content (AvgIpc) is 2.66. The number of benzene rings is 2. The van der Waals surface area contributed by atoms with E-state index in [1.165, 1.54) is 24.3 Å². The summed E-state index contributed by atoms with van der Waals surface area (Å²) in [5.41, 5.74) is 2.17. The van der Waals surface area contributed by atoms with Gasteiger partial charge in [-0.25, -0.2) is 9.18 Å². The van der Waals surface area contributed by atoms with Crippen LogP contribution < -0.4 is 5.32 Å². The van der Waals surface area contributed by atoms with Crippen LogP contribution in [-0.2, 0) is 20.7 Å². The number of ether oxygens (including phenoxy) is 1. The van der Waals surface area contributed by atoms with Gasteiger partial charge in [-0.1, -0.05) is 24.3 Å². The van der Waals surface area contributed by atoms with Crippen molar-refractivity contribution < 1.29 is 18.7 Å². The number of nitriles is 1. The number of rotatable bonds is 7. The molecule has 1 N–H and O–H groups in total. The highest BCUT2D eigenvalue weighted by Crippen LogP contribution is 2.05. The van der Waals surface area contributed by atoms with Gasteiger partial charge in [-0.15, -0.1) is 0 Å². The second-order valence-electron chi connectivity index (χ2n) is 5.40. The Kier molecular flexibility index (Phi) is 7.07. The van der Waals surface area contributed by atoms with Crippen molar-refractivity contribution >= 4 is 18.0 Å². The molecule has 2 aromatic rings. The molecule has 6 heteroatoms. The van der Waals surface area contributed by atoms with Crippen LogP contribution in [0.15, 0.2) is 54.6 Å². The van der Waals surface area contributed by atoms with E-state index in [0.717, 1.165) is 11.1 Å². The van der Waals surface area contributed by atoms with E-state index in [1.807, 2.05) is 6.07 Å². The Labute approximate surface area is 150 Å². The zero-order chi connectivity index (χ0) is 18.8. The lowest BCUT2D eigenvalue weighted by Gasteiger charge is -2.05. The van der Waals surface area contributed by atoms with Crippen molar-refractivity contribution in [2.24, 2.45) is 0 Å². The van der Waals surface area contributed by atoms with Crippen molar-refractivity contribution in [3.8, 4) is 6.07 Å². The average molecular weight is 352 g/mol. The van der Waals surface area contributed by atoms with Gasteiger partial charge in [0, 0.05) is 12.6 Å². The third kappa shape index (κ3) is 6.57. The van der Waals surface area contributed by atoms with E-state index in [-0.39, 0.29) is 12.4 Å². The number of amides is 1. The molecule has 0 radical (unpaired) electrons. The van der Waals surface area contributed by atoms with Crippen molar-refractivity contribution in [2.75, 3.05) is 13.2 Å². The fourth-order valence-electron chi connectivity index (χ4n) is 2.07. The molecule has 0 spiro atoms. The zero-order valence-electron chi connectivity index (χ0n) is 13.9. The van der Waals surface area contributed by atoms with Gasteiger partial charge in [0.25, 0.3) is 5.91 Å². The Hall–Kier alpha value is -3.46.